The number of carboxylic acid groups (broad SMARTS) is 1. The Morgan fingerprint density at radius 3 is 2.44 bits per heavy atom. The fraction of sp³-hybridized carbons (Fsp3) is 0. The molecule has 0 aliphatic heterocycles. The van der Waals surface area contributed by atoms with Crippen LogP contribution in [0.15, 0.2) is 52.9 Å². The molecule has 0 fully saturated rings. The number of carbonyl (C=O) groups is 1. The van der Waals surface area contributed by atoms with Gasteiger partial charge in [-0.25, -0.2) is 4.98 Å². The van der Waals surface area contributed by atoms with E-state index in [1.54, 1.807) is 12.1 Å². The van der Waals surface area contributed by atoms with Gasteiger partial charge in [-0.1, -0.05) is 24.3 Å². The molecular weight excluding hydrogens is 230 g/mol. The zero-order chi connectivity index (χ0) is 12.5. The number of carboxylic acids is 1. The summed E-state index contributed by atoms with van der Waals surface area (Å²) in [5.74, 6) is -0.722. The number of aromatic carboxylic acids is 1. The number of oxazole rings is 1. The van der Waals surface area contributed by atoms with E-state index in [0.29, 0.717) is 11.5 Å². The number of hydrogen-bond acceptors (Lipinski definition) is 4. The summed E-state index contributed by atoms with van der Waals surface area (Å²) < 4.78 is 5.58. The first-order valence-electron chi connectivity index (χ1n) is 5.41. The number of aromatic nitrogens is 1. The van der Waals surface area contributed by atoms with Gasteiger partial charge in [0.25, 0.3) is 0 Å². The second-order valence-corrected chi connectivity index (χ2v) is 3.85. The molecule has 0 unspecified atom stereocenters. The summed E-state index contributed by atoms with van der Waals surface area (Å²) in [6.07, 6.45) is 0. The molecule has 0 saturated carbocycles. The summed E-state index contributed by atoms with van der Waals surface area (Å²) in [4.78, 5) is 15.0. The van der Waals surface area contributed by atoms with Gasteiger partial charge in [0.05, 0.1) is 5.97 Å². The molecule has 0 saturated heterocycles. The third-order valence-corrected chi connectivity index (χ3v) is 2.66. The molecule has 3 aromatic rings. The highest BCUT2D eigenvalue weighted by atomic mass is 16.4. The number of rotatable bonds is 2. The SMILES string of the molecule is O=C([O-])c1ccc(-c2nc3ccccc3o2)cc1. The third kappa shape index (κ3) is 1.73. The number of nitrogens with zero attached hydrogens (tertiary/aromatic N) is 1. The standard InChI is InChI=1S/C14H9NO3/c16-14(17)10-7-5-9(6-8-10)13-15-11-3-1-2-4-12(11)18-13/h1-8H,(H,16,17)/p-1. The average Bonchev–Trinajstić information content (AvgIpc) is 2.82. The summed E-state index contributed by atoms with van der Waals surface area (Å²) in [6, 6.07) is 13.7. The van der Waals surface area contributed by atoms with Gasteiger partial charge in [-0.05, 0) is 29.8 Å². The lowest BCUT2D eigenvalue weighted by molar-refractivity contribution is -0.255. The van der Waals surface area contributed by atoms with Crippen molar-refractivity contribution >= 4 is 17.1 Å². The van der Waals surface area contributed by atoms with E-state index in [1.165, 1.54) is 12.1 Å². The molecule has 1 aromatic heterocycles. The van der Waals surface area contributed by atoms with Gasteiger partial charge in [0, 0.05) is 5.56 Å². The summed E-state index contributed by atoms with van der Waals surface area (Å²) in [5.41, 5.74) is 2.35. The highest BCUT2D eigenvalue weighted by Crippen LogP contribution is 2.24. The molecule has 18 heavy (non-hydrogen) atoms. The topological polar surface area (TPSA) is 66.2 Å². The summed E-state index contributed by atoms with van der Waals surface area (Å²) in [5, 5.41) is 10.6. The first kappa shape index (κ1) is 10.5. The van der Waals surface area contributed by atoms with Crippen molar-refractivity contribution in [1.29, 1.82) is 0 Å². The first-order chi connectivity index (χ1) is 8.74. The maximum absolute atomic E-state index is 10.6. The largest absolute Gasteiger partial charge is 0.545 e. The second-order valence-electron chi connectivity index (χ2n) is 3.85. The second kappa shape index (κ2) is 4.00. The molecule has 4 nitrogen and oxygen atoms in total. The van der Waals surface area contributed by atoms with Crippen molar-refractivity contribution in [3.05, 3.63) is 54.1 Å². The number of fused-ring (bicyclic) bond motifs is 1. The van der Waals surface area contributed by atoms with Crippen LogP contribution in [-0.4, -0.2) is 11.0 Å². The van der Waals surface area contributed by atoms with Crippen LogP contribution in [0.3, 0.4) is 0 Å². The average molecular weight is 238 g/mol. The quantitative estimate of drug-likeness (QED) is 0.683. The Bertz CT molecular complexity index is 680. The molecule has 0 radical (unpaired) electrons. The zero-order valence-electron chi connectivity index (χ0n) is 9.29. The van der Waals surface area contributed by atoms with Crippen LogP contribution in [0.4, 0.5) is 0 Å². The van der Waals surface area contributed by atoms with Crippen LogP contribution < -0.4 is 5.11 Å². The number of benzene rings is 2. The number of para-hydroxylation sites is 2. The Morgan fingerprint density at radius 1 is 1.06 bits per heavy atom. The predicted octanol–water partition coefficient (Wildman–Crippen LogP) is 1.86. The smallest absolute Gasteiger partial charge is 0.227 e. The maximum Gasteiger partial charge on any atom is 0.227 e. The van der Waals surface area contributed by atoms with Gasteiger partial charge in [0.15, 0.2) is 5.58 Å². The molecule has 0 atom stereocenters. The molecule has 0 spiro atoms. The minimum absolute atomic E-state index is 0.134. The molecule has 0 N–H and O–H groups in total. The van der Waals surface area contributed by atoms with Crippen LogP contribution >= 0.6 is 0 Å². The number of hydrogen-bond donors (Lipinski definition) is 0. The van der Waals surface area contributed by atoms with Crippen LogP contribution in [0.2, 0.25) is 0 Å². The van der Waals surface area contributed by atoms with E-state index in [4.69, 9.17) is 4.42 Å². The Hall–Kier alpha value is -2.62. The van der Waals surface area contributed by atoms with E-state index in [9.17, 15) is 9.90 Å². The lowest BCUT2D eigenvalue weighted by atomic mass is 10.1. The molecule has 1 heterocycles. The van der Waals surface area contributed by atoms with Crippen molar-refractivity contribution in [2.45, 2.75) is 0 Å². The van der Waals surface area contributed by atoms with E-state index in [2.05, 4.69) is 4.98 Å². The van der Waals surface area contributed by atoms with Gasteiger partial charge in [-0.3, -0.25) is 0 Å². The van der Waals surface area contributed by atoms with Crippen LogP contribution in [0.1, 0.15) is 10.4 Å². The zero-order valence-corrected chi connectivity index (χ0v) is 9.29. The molecule has 0 amide bonds. The molecule has 0 aliphatic rings. The molecule has 4 heteroatoms. The lowest BCUT2D eigenvalue weighted by Gasteiger charge is -2.01. The molecule has 2 aromatic carbocycles. The van der Waals surface area contributed by atoms with Gasteiger partial charge in [-0.2, -0.15) is 0 Å². The van der Waals surface area contributed by atoms with Crippen LogP contribution in [0.25, 0.3) is 22.6 Å². The van der Waals surface area contributed by atoms with Gasteiger partial charge in [0.1, 0.15) is 5.52 Å². The van der Waals surface area contributed by atoms with Crippen LogP contribution in [-0.2, 0) is 0 Å². The summed E-state index contributed by atoms with van der Waals surface area (Å²) >= 11 is 0. The Labute approximate surface area is 103 Å². The van der Waals surface area contributed by atoms with Crippen LogP contribution in [0.5, 0.6) is 0 Å². The molecule has 0 bridgehead atoms. The van der Waals surface area contributed by atoms with Crippen LogP contribution in [0, 0.1) is 0 Å². The van der Waals surface area contributed by atoms with E-state index in [0.717, 1.165) is 11.1 Å². The fourth-order valence-electron chi connectivity index (χ4n) is 1.74. The van der Waals surface area contributed by atoms with Gasteiger partial charge in [0.2, 0.25) is 5.89 Å². The first-order valence-corrected chi connectivity index (χ1v) is 5.41. The molecule has 3 rings (SSSR count). The Balaban J connectivity index is 2.06. The van der Waals surface area contributed by atoms with E-state index < -0.39 is 5.97 Å². The Morgan fingerprint density at radius 2 is 1.78 bits per heavy atom. The summed E-state index contributed by atoms with van der Waals surface area (Å²) in [7, 11) is 0. The van der Waals surface area contributed by atoms with E-state index >= 15 is 0 Å². The van der Waals surface area contributed by atoms with Crippen molar-refractivity contribution in [1.82, 2.24) is 4.98 Å². The number of carbonyl (C=O) groups excluding carboxylic acids is 1. The molecular formula is C14H8NO3-. The van der Waals surface area contributed by atoms with E-state index in [-0.39, 0.29) is 5.56 Å². The van der Waals surface area contributed by atoms with Gasteiger partial charge >= 0.3 is 0 Å². The highest BCUT2D eigenvalue weighted by Gasteiger charge is 2.07. The molecule has 88 valence electrons. The third-order valence-electron chi connectivity index (χ3n) is 2.66. The lowest BCUT2D eigenvalue weighted by Crippen LogP contribution is -2.21. The maximum atomic E-state index is 10.6. The van der Waals surface area contributed by atoms with Crippen molar-refractivity contribution in [3.63, 3.8) is 0 Å². The minimum Gasteiger partial charge on any atom is -0.545 e. The van der Waals surface area contributed by atoms with Gasteiger partial charge < -0.3 is 14.3 Å². The van der Waals surface area contributed by atoms with Crippen molar-refractivity contribution < 1.29 is 14.3 Å². The summed E-state index contributed by atoms with van der Waals surface area (Å²) in [6.45, 7) is 0. The van der Waals surface area contributed by atoms with Gasteiger partial charge in [-0.15, -0.1) is 0 Å². The predicted molar refractivity (Wildman–Crippen MR) is 63.8 cm³/mol. The Kier molecular flexibility index (Phi) is 2.34. The van der Waals surface area contributed by atoms with E-state index in [1.807, 2.05) is 24.3 Å². The minimum atomic E-state index is -1.20. The molecule has 0 aliphatic carbocycles. The van der Waals surface area contributed by atoms with Crippen molar-refractivity contribution in [2.24, 2.45) is 0 Å². The monoisotopic (exact) mass is 238 g/mol. The van der Waals surface area contributed by atoms with Crippen molar-refractivity contribution in [2.75, 3.05) is 0 Å². The highest BCUT2D eigenvalue weighted by molar-refractivity contribution is 5.86. The van der Waals surface area contributed by atoms with Crippen molar-refractivity contribution in [3.8, 4) is 11.5 Å². The normalized spacial score (nSPS) is 10.7. The fourth-order valence-corrected chi connectivity index (χ4v) is 1.74.